The highest BCUT2D eigenvalue weighted by Crippen LogP contribution is 2.19. The van der Waals surface area contributed by atoms with Gasteiger partial charge in [0.25, 0.3) is 5.91 Å². The van der Waals surface area contributed by atoms with E-state index in [2.05, 4.69) is 16.0 Å². The number of carbonyl (C=O) groups excluding carboxylic acids is 2. The summed E-state index contributed by atoms with van der Waals surface area (Å²) in [6.07, 6.45) is 0. The maximum atomic E-state index is 11.6. The second-order valence-corrected chi connectivity index (χ2v) is 3.69. The van der Waals surface area contributed by atoms with Gasteiger partial charge < -0.3 is 21.7 Å². The lowest BCUT2D eigenvalue weighted by molar-refractivity contribution is -0.118. The minimum absolute atomic E-state index is 0.111. The van der Waals surface area contributed by atoms with Crippen molar-refractivity contribution in [3.8, 4) is 0 Å². The molecule has 0 fully saturated rings. The van der Waals surface area contributed by atoms with Crippen LogP contribution in [-0.2, 0) is 4.79 Å². The fraction of sp³-hybridized carbons (Fsp3) is 0.333. The van der Waals surface area contributed by atoms with Crippen molar-refractivity contribution in [3.63, 3.8) is 0 Å². The summed E-state index contributed by atoms with van der Waals surface area (Å²) < 4.78 is 0. The molecule has 0 unspecified atom stereocenters. The summed E-state index contributed by atoms with van der Waals surface area (Å²) in [5.74, 6) is -0.321. The predicted molar refractivity (Wildman–Crippen MR) is 71.4 cm³/mol. The van der Waals surface area contributed by atoms with E-state index >= 15 is 0 Å². The van der Waals surface area contributed by atoms with Crippen LogP contribution in [0.2, 0.25) is 0 Å². The Morgan fingerprint density at radius 1 is 1.33 bits per heavy atom. The summed E-state index contributed by atoms with van der Waals surface area (Å²) in [4.78, 5) is 22.8. The molecule has 0 aliphatic carbocycles. The van der Waals surface area contributed by atoms with Gasteiger partial charge in [-0.3, -0.25) is 9.59 Å². The molecule has 0 atom stereocenters. The number of carbonyl (C=O) groups is 2. The Labute approximate surface area is 106 Å². The molecule has 0 saturated heterocycles. The van der Waals surface area contributed by atoms with Crippen LogP contribution in [0, 0.1) is 0 Å². The Bertz CT molecular complexity index is 446. The number of hydrogen-bond acceptors (Lipinski definition) is 4. The third-order valence-electron chi connectivity index (χ3n) is 2.37. The maximum absolute atomic E-state index is 11.6. The van der Waals surface area contributed by atoms with Gasteiger partial charge in [0.15, 0.2) is 0 Å². The minimum Gasteiger partial charge on any atom is -0.397 e. The second-order valence-electron chi connectivity index (χ2n) is 3.69. The van der Waals surface area contributed by atoms with Crippen LogP contribution >= 0.6 is 0 Å². The molecule has 6 nitrogen and oxygen atoms in total. The van der Waals surface area contributed by atoms with Crippen molar-refractivity contribution >= 4 is 23.2 Å². The Kier molecular flexibility index (Phi) is 4.98. The lowest BCUT2D eigenvalue weighted by Gasteiger charge is -2.10. The number of rotatable bonds is 5. The highest BCUT2D eigenvalue weighted by Gasteiger charge is 2.08. The molecule has 0 saturated carbocycles. The first-order chi connectivity index (χ1) is 8.58. The third-order valence-corrected chi connectivity index (χ3v) is 2.37. The number of hydrogen-bond donors (Lipinski definition) is 4. The summed E-state index contributed by atoms with van der Waals surface area (Å²) in [5, 5.41) is 8.07. The lowest BCUT2D eigenvalue weighted by Crippen LogP contribution is -2.27. The van der Waals surface area contributed by atoms with E-state index in [9.17, 15) is 9.59 Å². The van der Waals surface area contributed by atoms with Crippen molar-refractivity contribution < 1.29 is 9.59 Å². The monoisotopic (exact) mass is 250 g/mol. The summed E-state index contributed by atoms with van der Waals surface area (Å²) in [6, 6.07) is 4.91. The number of nitrogens with two attached hydrogens (primary N) is 1. The third kappa shape index (κ3) is 3.65. The number of likely N-dealkylation sites (N-methyl/N-ethyl adjacent to an activating group) is 1. The molecule has 0 aliphatic heterocycles. The van der Waals surface area contributed by atoms with Gasteiger partial charge in [-0.05, 0) is 25.1 Å². The molecule has 5 N–H and O–H groups in total. The van der Waals surface area contributed by atoms with E-state index in [1.807, 2.05) is 6.92 Å². The topological polar surface area (TPSA) is 96.2 Å². The van der Waals surface area contributed by atoms with E-state index in [0.717, 1.165) is 0 Å². The average molecular weight is 250 g/mol. The molecule has 0 bridgehead atoms. The smallest absolute Gasteiger partial charge is 0.251 e. The van der Waals surface area contributed by atoms with Gasteiger partial charge in [-0.2, -0.15) is 0 Å². The van der Waals surface area contributed by atoms with Gasteiger partial charge in [-0.1, -0.05) is 0 Å². The fourth-order valence-corrected chi connectivity index (χ4v) is 1.38. The number of nitrogens with one attached hydrogen (secondary N) is 3. The summed E-state index contributed by atoms with van der Waals surface area (Å²) in [5.41, 5.74) is 7.33. The largest absolute Gasteiger partial charge is 0.397 e. The lowest BCUT2D eigenvalue weighted by atomic mass is 10.1. The molecule has 0 heterocycles. The van der Waals surface area contributed by atoms with Crippen molar-refractivity contribution in [3.05, 3.63) is 23.8 Å². The molecule has 0 aliphatic rings. The molecule has 98 valence electrons. The number of benzene rings is 1. The molecule has 0 radical (unpaired) electrons. The average Bonchev–Trinajstić information content (AvgIpc) is 2.37. The van der Waals surface area contributed by atoms with Crippen LogP contribution < -0.4 is 21.7 Å². The van der Waals surface area contributed by atoms with Gasteiger partial charge in [0.2, 0.25) is 5.91 Å². The van der Waals surface area contributed by atoms with Gasteiger partial charge in [0, 0.05) is 19.2 Å². The molecule has 2 amide bonds. The van der Waals surface area contributed by atoms with Crippen LogP contribution in [0.3, 0.4) is 0 Å². The SMILES string of the molecule is CCNC(=O)c1ccc(N)c(NCC(=O)NC)c1. The molecule has 0 spiro atoms. The number of amides is 2. The van der Waals surface area contributed by atoms with Gasteiger partial charge in [0.05, 0.1) is 17.9 Å². The molecule has 1 aromatic carbocycles. The van der Waals surface area contributed by atoms with Crippen LogP contribution in [0.4, 0.5) is 11.4 Å². The predicted octanol–water partition coefficient (Wildman–Crippen LogP) is 0.176. The molecule has 6 heteroatoms. The minimum atomic E-state index is -0.166. The van der Waals surface area contributed by atoms with Crippen LogP contribution in [-0.4, -0.2) is 32.0 Å². The zero-order chi connectivity index (χ0) is 13.5. The Balaban J connectivity index is 2.81. The van der Waals surface area contributed by atoms with E-state index in [-0.39, 0.29) is 18.4 Å². The van der Waals surface area contributed by atoms with Crippen LogP contribution in [0.25, 0.3) is 0 Å². The maximum Gasteiger partial charge on any atom is 0.251 e. The molecular weight excluding hydrogens is 232 g/mol. The zero-order valence-corrected chi connectivity index (χ0v) is 10.5. The standard InChI is InChI=1S/C12H18N4O2/c1-3-15-12(18)8-4-5-9(13)10(6-8)16-7-11(17)14-2/h4-6,16H,3,7,13H2,1-2H3,(H,14,17)(H,15,18). The van der Waals surface area contributed by atoms with E-state index in [4.69, 9.17) is 5.73 Å². The Hall–Kier alpha value is -2.24. The number of anilines is 2. The zero-order valence-electron chi connectivity index (χ0n) is 10.5. The molecule has 1 aromatic rings. The Morgan fingerprint density at radius 2 is 2.06 bits per heavy atom. The van der Waals surface area contributed by atoms with Crippen molar-refractivity contribution in [1.29, 1.82) is 0 Å². The van der Waals surface area contributed by atoms with Crippen LogP contribution in [0.5, 0.6) is 0 Å². The van der Waals surface area contributed by atoms with E-state index < -0.39 is 0 Å². The molecule has 18 heavy (non-hydrogen) atoms. The first kappa shape index (κ1) is 13.8. The van der Waals surface area contributed by atoms with Crippen LogP contribution in [0.1, 0.15) is 17.3 Å². The normalized spacial score (nSPS) is 9.67. The summed E-state index contributed by atoms with van der Waals surface area (Å²) in [6.45, 7) is 2.52. The fourth-order valence-electron chi connectivity index (χ4n) is 1.38. The molecule has 1 rings (SSSR count). The summed E-state index contributed by atoms with van der Waals surface area (Å²) >= 11 is 0. The quantitative estimate of drug-likeness (QED) is 0.560. The highest BCUT2D eigenvalue weighted by atomic mass is 16.2. The van der Waals surface area contributed by atoms with Gasteiger partial charge >= 0.3 is 0 Å². The van der Waals surface area contributed by atoms with Crippen molar-refractivity contribution in [1.82, 2.24) is 10.6 Å². The van der Waals surface area contributed by atoms with E-state index in [1.54, 1.807) is 25.2 Å². The summed E-state index contributed by atoms with van der Waals surface area (Å²) in [7, 11) is 1.55. The molecule has 0 aromatic heterocycles. The van der Waals surface area contributed by atoms with Gasteiger partial charge in [-0.25, -0.2) is 0 Å². The van der Waals surface area contributed by atoms with Crippen molar-refractivity contribution in [2.45, 2.75) is 6.92 Å². The van der Waals surface area contributed by atoms with E-state index in [0.29, 0.717) is 23.5 Å². The van der Waals surface area contributed by atoms with Crippen LogP contribution in [0.15, 0.2) is 18.2 Å². The highest BCUT2D eigenvalue weighted by molar-refractivity contribution is 5.96. The number of nitrogen functional groups attached to an aromatic ring is 1. The van der Waals surface area contributed by atoms with Gasteiger partial charge in [-0.15, -0.1) is 0 Å². The van der Waals surface area contributed by atoms with Gasteiger partial charge in [0.1, 0.15) is 0 Å². The first-order valence-corrected chi connectivity index (χ1v) is 5.70. The molecular formula is C12H18N4O2. The first-order valence-electron chi connectivity index (χ1n) is 5.70. The van der Waals surface area contributed by atoms with Crippen molar-refractivity contribution in [2.75, 3.05) is 31.2 Å². The second kappa shape index (κ2) is 6.48. The Morgan fingerprint density at radius 3 is 2.67 bits per heavy atom. The van der Waals surface area contributed by atoms with Crippen molar-refractivity contribution in [2.24, 2.45) is 0 Å². The van der Waals surface area contributed by atoms with E-state index in [1.165, 1.54) is 0 Å².